The van der Waals surface area contributed by atoms with Crippen LogP contribution in [-0.2, 0) is 16.0 Å². The minimum Gasteiger partial charge on any atom is -0.355 e. The van der Waals surface area contributed by atoms with E-state index in [2.05, 4.69) is 67.9 Å². The summed E-state index contributed by atoms with van der Waals surface area (Å²) in [7, 11) is 0. The van der Waals surface area contributed by atoms with E-state index in [1.807, 2.05) is 6.92 Å². The number of rotatable bonds is 10. The van der Waals surface area contributed by atoms with Crippen molar-refractivity contribution < 1.29 is 14.9 Å². The molecular formula is C20H34N3O2+. The van der Waals surface area contributed by atoms with E-state index in [4.69, 9.17) is 0 Å². The molecule has 0 aliphatic carbocycles. The van der Waals surface area contributed by atoms with E-state index in [1.165, 1.54) is 11.1 Å². The Kier molecular flexibility index (Phi) is 9.21. The predicted molar refractivity (Wildman–Crippen MR) is 101 cm³/mol. The summed E-state index contributed by atoms with van der Waals surface area (Å²) < 4.78 is 0. The van der Waals surface area contributed by atoms with Gasteiger partial charge in [-0.3, -0.25) is 9.59 Å². The van der Waals surface area contributed by atoms with Gasteiger partial charge in [0, 0.05) is 18.0 Å². The normalized spacial score (nSPS) is 12.3. The second kappa shape index (κ2) is 10.9. The van der Waals surface area contributed by atoms with Crippen LogP contribution < -0.4 is 16.0 Å². The van der Waals surface area contributed by atoms with Gasteiger partial charge in [0.15, 0.2) is 6.54 Å². The molecule has 140 valence electrons. The third kappa shape index (κ3) is 8.16. The minimum atomic E-state index is -0.156. The van der Waals surface area contributed by atoms with Crippen LogP contribution in [0.2, 0.25) is 0 Å². The number of carbonyl (C=O) groups excluding carboxylic acids is 2. The quantitative estimate of drug-likeness (QED) is 0.598. The zero-order valence-corrected chi connectivity index (χ0v) is 16.3. The van der Waals surface area contributed by atoms with Gasteiger partial charge in [-0.25, -0.2) is 0 Å². The molecule has 2 amide bonds. The summed E-state index contributed by atoms with van der Waals surface area (Å²) in [6.45, 7) is 11.5. The second-order valence-electron chi connectivity index (χ2n) is 7.28. The molecule has 0 aromatic heterocycles. The monoisotopic (exact) mass is 348 g/mol. The molecule has 0 aliphatic rings. The fourth-order valence-corrected chi connectivity index (χ4v) is 2.89. The maximum Gasteiger partial charge on any atom is 0.275 e. The van der Waals surface area contributed by atoms with Crippen LogP contribution in [0.1, 0.15) is 51.8 Å². The fraction of sp³-hybridized carbons (Fsp3) is 0.600. The highest BCUT2D eigenvalue weighted by Gasteiger charge is 2.20. The lowest BCUT2D eigenvalue weighted by atomic mass is 9.94. The van der Waals surface area contributed by atoms with Gasteiger partial charge in [0.2, 0.25) is 5.91 Å². The maximum atomic E-state index is 12.0. The van der Waals surface area contributed by atoms with E-state index in [1.54, 1.807) is 0 Å². The van der Waals surface area contributed by atoms with Gasteiger partial charge in [0.25, 0.3) is 5.91 Å². The molecular weight excluding hydrogens is 314 g/mol. The smallest absolute Gasteiger partial charge is 0.275 e. The number of benzene rings is 1. The first kappa shape index (κ1) is 21.2. The van der Waals surface area contributed by atoms with Gasteiger partial charge < -0.3 is 16.0 Å². The molecule has 0 saturated carbocycles. The van der Waals surface area contributed by atoms with Crippen molar-refractivity contribution in [2.24, 2.45) is 11.8 Å². The van der Waals surface area contributed by atoms with Crippen LogP contribution in [0.4, 0.5) is 0 Å². The lowest BCUT2D eigenvalue weighted by Crippen LogP contribution is -2.88. The molecule has 25 heavy (non-hydrogen) atoms. The third-order valence-electron chi connectivity index (χ3n) is 4.10. The van der Waals surface area contributed by atoms with Crippen molar-refractivity contribution in [3.05, 3.63) is 35.4 Å². The van der Waals surface area contributed by atoms with Crippen LogP contribution in [0, 0.1) is 11.8 Å². The molecule has 0 spiro atoms. The Hall–Kier alpha value is -1.88. The molecule has 1 aromatic rings. The molecule has 1 rings (SSSR count). The molecule has 0 radical (unpaired) electrons. The van der Waals surface area contributed by atoms with E-state index in [0.29, 0.717) is 24.9 Å². The molecule has 0 unspecified atom stereocenters. The largest absolute Gasteiger partial charge is 0.355 e. The van der Waals surface area contributed by atoms with Gasteiger partial charge in [-0.05, 0) is 24.8 Å². The summed E-state index contributed by atoms with van der Waals surface area (Å²) in [4.78, 5) is 23.4. The number of quaternary nitrogens is 1. The number of hydrogen-bond acceptors (Lipinski definition) is 2. The Balaban J connectivity index is 2.56. The highest BCUT2D eigenvalue weighted by Crippen LogP contribution is 2.19. The third-order valence-corrected chi connectivity index (χ3v) is 4.10. The van der Waals surface area contributed by atoms with E-state index in [-0.39, 0.29) is 24.4 Å². The zero-order chi connectivity index (χ0) is 18.8. The molecule has 0 aliphatic heterocycles. The lowest BCUT2D eigenvalue weighted by Gasteiger charge is -2.20. The van der Waals surface area contributed by atoms with Gasteiger partial charge in [-0.15, -0.1) is 0 Å². The Labute approximate surface area is 152 Å². The Morgan fingerprint density at radius 3 is 2.16 bits per heavy atom. The first-order valence-corrected chi connectivity index (χ1v) is 9.29. The van der Waals surface area contributed by atoms with Crippen molar-refractivity contribution >= 4 is 11.8 Å². The maximum absolute atomic E-state index is 12.0. The number of carbonyl (C=O) groups is 2. The lowest BCUT2D eigenvalue weighted by molar-refractivity contribution is -0.692. The van der Waals surface area contributed by atoms with Gasteiger partial charge in [-0.1, -0.05) is 52.0 Å². The van der Waals surface area contributed by atoms with E-state index < -0.39 is 0 Å². The topological polar surface area (TPSA) is 74.8 Å². The highest BCUT2D eigenvalue weighted by molar-refractivity contribution is 5.84. The van der Waals surface area contributed by atoms with Crippen LogP contribution in [0.25, 0.3) is 0 Å². The predicted octanol–water partition coefficient (Wildman–Crippen LogP) is 1.40. The van der Waals surface area contributed by atoms with Crippen molar-refractivity contribution in [3.63, 3.8) is 0 Å². The van der Waals surface area contributed by atoms with Crippen LogP contribution in [0.5, 0.6) is 0 Å². The first-order chi connectivity index (χ1) is 11.8. The van der Waals surface area contributed by atoms with Gasteiger partial charge in [0.05, 0.1) is 6.54 Å². The fourth-order valence-electron chi connectivity index (χ4n) is 2.89. The average molecular weight is 349 g/mol. The van der Waals surface area contributed by atoms with Crippen LogP contribution >= 0.6 is 0 Å². The number of hydrogen-bond donors (Lipinski definition) is 3. The number of nitrogens with one attached hydrogen (secondary N) is 2. The Bertz CT molecular complexity index is 538. The summed E-state index contributed by atoms with van der Waals surface area (Å²) in [5.41, 5.74) is 2.58. The van der Waals surface area contributed by atoms with E-state index >= 15 is 0 Å². The van der Waals surface area contributed by atoms with Crippen molar-refractivity contribution in [2.75, 3.05) is 19.6 Å². The standard InChI is InChI=1S/C20H33N3O2/c1-6-21-18(24)12-22-19(25)13-23-20(15(4)5)17-9-7-16(8-10-17)11-14(2)3/h7-10,14-15,20,23H,6,11-13H2,1-5H3,(H,21,24)(H,22,25)/p+1/t20-/m1/s1. The summed E-state index contributed by atoms with van der Waals surface area (Å²) >= 11 is 0. The zero-order valence-electron chi connectivity index (χ0n) is 16.3. The molecule has 1 atom stereocenters. The number of amides is 2. The molecule has 0 saturated heterocycles. The molecule has 0 bridgehead atoms. The Morgan fingerprint density at radius 1 is 1.00 bits per heavy atom. The van der Waals surface area contributed by atoms with Crippen LogP contribution in [0.3, 0.4) is 0 Å². The van der Waals surface area contributed by atoms with Gasteiger partial charge >= 0.3 is 0 Å². The summed E-state index contributed by atoms with van der Waals surface area (Å²) in [5.74, 6) is 0.782. The molecule has 0 fully saturated rings. The summed E-state index contributed by atoms with van der Waals surface area (Å²) in [6, 6.07) is 8.95. The van der Waals surface area contributed by atoms with Gasteiger partial charge in [-0.2, -0.15) is 0 Å². The summed E-state index contributed by atoms with van der Waals surface area (Å²) in [5, 5.41) is 7.38. The highest BCUT2D eigenvalue weighted by atomic mass is 16.2. The van der Waals surface area contributed by atoms with Crippen LogP contribution in [0.15, 0.2) is 24.3 Å². The number of nitrogens with two attached hydrogens (primary N) is 1. The summed E-state index contributed by atoms with van der Waals surface area (Å²) in [6.07, 6.45) is 1.08. The number of likely N-dealkylation sites (N-methyl/N-ethyl adjacent to an activating group) is 1. The van der Waals surface area contributed by atoms with Gasteiger partial charge in [0.1, 0.15) is 6.04 Å². The molecule has 1 aromatic carbocycles. The van der Waals surface area contributed by atoms with Crippen molar-refractivity contribution in [2.45, 2.75) is 47.1 Å². The van der Waals surface area contributed by atoms with Crippen molar-refractivity contribution in [1.29, 1.82) is 0 Å². The molecule has 4 N–H and O–H groups in total. The molecule has 5 nitrogen and oxygen atoms in total. The first-order valence-electron chi connectivity index (χ1n) is 9.29. The Morgan fingerprint density at radius 2 is 1.64 bits per heavy atom. The van der Waals surface area contributed by atoms with Crippen molar-refractivity contribution in [3.8, 4) is 0 Å². The molecule has 0 heterocycles. The van der Waals surface area contributed by atoms with Crippen LogP contribution in [-0.4, -0.2) is 31.4 Å². The minimum absolute atomic E-state index is 0.0385. The van der Waals surface area contributed by atoms with E-state index in [0.717, 1.165) is 6.42 Å². The van der Waals surface area contributed by atoms with Crippen molar-refractivity contribution in [1.82, 2.24) is 10.6 Å². The van der Waals surface area contributed by atoms with E-state index in [9.17, 15) is 9.59 Å². The molecule has 5 heteroatoms. The second-order valence-corrected chi connectivity index (χ2v) is 7.28. The average Bonchev–Trinajstić information content (AvgIpc) is 2.54. The SMILES string of the molecule is CCNC(=O)CNC(=O)C[NH2+][C@@H](c1ccc(CC(C)C)cc1)C(C)C.